The molecular formula is C12H7NO2S. The summed E-state index contributed by atoms with van der Waals surface area (Å²) in [5.74, 6) is 0.598. The van der Waals surface area contributed by atoms with Crippen molar-refractivity contribution in [2.45, 2.75) is 0 Å². The van der Waals surface area contributed by atoms with Gasteiger partial charge in [0.05, 0.1) is 4.88 Å². The normalized spacial score (nSPS) is 10.8. The zero-order chi connectivity index (χ0) is 11.0. The molecule has 0 saturated heterocycles. The summed E-state index contributed by atoms with van der Waals surface area (Å²) in [6.07, 6.45) is 1.59. The maximum atomic E-state index is 11.8. The molecule has 0 aromatic carbocycles. The highest BCUT2D eigenvalue weighted by atomic mass is 32.1. The molecule has 0 unspecified atom stereocenters. The van der Waals surface area contributed by atoms with Crippen molar-refractivity contribution >= 4 is 22.4 Å². The van der Waals surface area contributed by atoms with E-state index in [4.69, 9.17) is 4.42 Å². The van der Waals surface area contributed by atoms with Crippen LogP contribution in [-0.2, 0) is 0 Å². The molecule has 0 fully saturated rings. The van der Waals surface area contributed by atoms with E-state index < -0.39 is 0 Å². The SMILES string of the molecule is O=c1cc(-c2cccs2)oc2cccnc12. The van der Waals surface area contributed by atoms with Crippen molar-refractivity contribution in [3.05, 3.63) is 52.1 Å². The van der Waals surface area contributed by atoms with Crippen LogP contribution in [0.2, 0.25) is 0 Å². The summed E-state index contributed by atoms with van der Waals surface area (Å²) in [4.78, 5) is 16.7. The number of aromatic nitrogens is 1. The summed E-state index contributed by atoms with van der Waals surface area (Å²) < 4.78 is 5.63. The van der Waals surface area contributed by atoms with E-state index in [-0.39, 0.29) is 5.43 Å². The first kappa shape index (κ1) is 9.30. The third-order valence-corrected chi connectivity index (χ3v) is 3.13. The predicted octanol–water partition coefficient (Wildman–Crippen LogP) is 2.92. The molecule has 0 radical (unpaired) electrons. The maximum Gasteiger partial charge on any atom is 0.211 e. The van der Waals surface area contributed by atoms with Crippen molar-refractivity contribution in [2.75, 3.05) is 0 Å². The zero-order valence-electron chi connectivity index (χ0n) is 8.21. The first-order valence-electron chi connectivity index (χ1n) is 4.77. The van der Waals surface area contributed by atoms with E-state index in [1.165, 1.54) is 6.07 Å². The molecule has 0 saturated carbocycles. The van der Waals surface area contributed by atoms with E-state index in [0.29, 0.717) is 16.9 Å². The van der Waals surface area contributed by atoms with Gasteiger partial charge in [0, 0.05) is 12.3 Å². The van der Waals surface area contributed by atoms with Gasteiger partial charge in [-0.05, 0) is 23.6 Å². The van der Waals surface area contributed by atoms with Crippen LogP contribution in [0.25, 0.3) is 21.7 Å². The molecule has 3 rings (SSSR count). The summed E-state index contributed by atoms with van der Waals surface area (Å²) in [6.45, 7) is 0. The van der Waals surface area contributed by atoms with Gasteiger partial charge in [-0.1, -0.05) is 6.07 Å². The smallest absolute Gasteiger partial charge is 0.211 e. The monoisotopic (exact) mass is 229 g/mol. The molecule has 0 aliphatic rings. The Hall–Kier alpha value is -1.94. The fraction of sp³-hybridized carbons (Fsp3) is 0. The molecule has 16 heavy (non-hydrogen) atoms. The van der Waals surface area contributed by atoms with Gasteiger partial charge in [0.1, 0.15) is 5.76 Å². The van der Waals surface area contributed by atoms with Crippen LogP contribution in [-0.4, -0.2) is 4.98 Å². The molecule has 0 aliphatic heterocycles. The van der Waals surface area contributed by atoms with Crippen molar-refractivity contribution in [1.82, 2.24) is 4.98 Å². The third kappa shape index (κ3) is 1.44. The number of fused-ring (bicyclic) bond motifs is 1. The van der Waals surface area contributed by atoms with Crippen LogP contribution in [0.3, 0.4) is 0 Å². The minimum Gasteiger partial charge on any atom is -0.453 e. The number of hydrogen-bond acceptors (Lipinski definition) is 4. The van der Waals surface area contributed by atoms with Crippen LogP contribution < -0.4 is 5.43 Å². The fourth-order valence-corrected chi connectivity index (χ4v) is 2.21. The molecule has 0 N–H and O–H groups in total. The number of thiophene rings is 1. The largest absolute Gasteiger partial charge is 0.453 e. The predicted molar refractivity (Wildman–Crippen MR) is 63.6 cm³/mol. The quantitative estimate of drug-likeness (QED) is 0.644. The van der Waals surface area contributed by atoms with Gasteiger partial charge in [-0.3, -0.25) is 4.79 Å². The molecule has 3 nitrogen and oxygen atoms in total. The van der Waals surface area contributed by atoms with Crippen LogP contribution >= 0.6 is 11.3 Å². The van der Waals surface area contributed by atoms with Crippen LogP contribution in [0.15, 0.2) is 51.1 Å². The highest BCUT2D eigenvalue weighted by Crippen LogP contribution is 2.25. The van der Waals surface area contributed by atoms with E-state index in [1.807, 2.05) is 17.5 Å². The van der Waals surface area contributed by atoms with Crippen molar-refractivity contribution in [2.24, 2.45) is 0 Å². The second kappa shape index (κ2) is 3.57. The van der Waals surface area contributed by atoms with Gasteiger partial charge < -0.3 is 4.42 Å². The lowest BCUT2D eigenvalue weighted by atomic mass is 10.3. The molecule has 0 atom stereocenters. The van der Waals surface area contributed by atoms with Crippen molar-refractivity contribution < 1.29 is 4.42 Å². The lowest BCUT2D eigenvalue weighted by Crippen LogP contribution is -2.01. The topological polar surface area (TPSA) is 43.1 Å². The van der Waals surface area contributed by atoms with E-state index in [1.54, 1.807) is 29.7 Å². The lowest BCUT2D eigenvalue weighted by Gasteiger charge is -1.99. The molecule has 4 heteroatoms. The van der Waals surface area contributed by atoms with Crippen molar-refractivity contribution in [3.8, 4) is 10.6 Å². The molecule has 0 bridgehead atoms. The van der Waals surface area contributed by atoms with Gasteiger partial charge in [0.15, 0.2) is 11.1 Å². The first-order valence-corrected chi connectivity index (χ1v) is 5.65. The van der Waals surface area contributed by atoms with Gasteiger partial charge in [0.25, 0.3) is 0 Å². The average molecular weight is 229 g/mol. The average Bonchev–Trinajstić information content (AvgIpc) is 2.82. The van der Waals surface area contributed by atoms with E-state index in [2.05, 4.69) is 4.98 Å². The summed E-state index contributed by atoms with van der Waals surface area (Å²) in [5.41, 5.74) is 0.798. The molecule has 0 aliphatic carbocycles. The van der Waals surface area contributed by atoms with Gasteiger partial charge in [-0.15, -0.1) is 11.3 Å². The Morgan fingerprint density at radius 3 is 3.00 bits per heavy atom. The molecule has 78 valence electrons. The summed E-state index contributed by atoms with van der Waals surface area (Å²) in [6, 6.07) is 8.84. The minimum absolute atomic E-state index is 0.106. The molecular weight excluding hydrogens is 222 g/mol. The number of nitrogens with zero attached hydrogens (tertiary/aromatic N) is 1. The summed E-state index contributed by atoms with van der Waals surface area (Å²) in [7, 11) is 0. The van der Waals surface area contributed by atoms with Crippen molar-refractivity contribution in [3.63, 3.8) is 0 Å². The minimum atomic E-state index is -0.106. The number of hydrogen-bond donors (Lipinski definition) is 0. The molecule has 3 aromatic rings. The van der Waals surface area contributed by atoms with Gasteiger partial charge in [-0.25, -0.2) is 4.98 Å². The second-order valence-electron chi connectivity index (χ2n) is 3.30. The Balaban J connectivity index is 2.34. The highest BCUT2D eigenvalue weighted by Gasteiger charge is 2.07. The lowest BCUT2D eigenvalue weighted by molar-refractivity contribution is 0.619. The van der Waals surface area contributed by atoms with Crippen LogP contribution in [0.5, 0.6) is 0 Å². The molecule has 3 heterocycles. The Labute approximate surface area is 95.0 Å². The highest BCUT2D eigenvalue weighted by molar-refractivity contribution is 7.13. The Bertz CT molecular complexity index is 686. The summed E-state index contributed by atoms with van der Waals surface area (Å²) in [5, 5.41) is 1.95. The Morgan fingerprint density at radius 1 is 1.25 bits per heavy atom. The zero-order valence-corrected chi connectivity index (χ0v) is 9.03. The van der Waals surface area contributed by atoms with Crippen LogP contribution in [0.4, 0.5) is 0 Å². The third-order valence-electron chi connectivity index (χ3n) is 2.25. The first-order chi connectivity index (χ1) is 7.84. The van der Waals surface area contributed by atoms with E-state index in [0.717, 1.165) is 4.88 Å². The van der Waals surface area contributed by atoms with Gasteiger partial charge in [0.2, 0.25) is 5.43 Å². The second-order valence-corrected chi connectivity index (χ2v) is 4.25. The standard InChI is InChI=1S/C12H7NO2S/c14-8-7-10(11-4-2-6-16-11)15-9-3-1-5-13-12(8)9/h1-7H. The van der Waals surface area contributed by atoms with Gasteiger partial charge in [-0.2, -0.15) is 0 Å². The number of pyridine rings is 1. The maximum absolute atomic E-state index is 11.8. The Kier molecular flexibility index (Phi) is 2.08. The van der Waals surface area contributed by atoms with Crippen LogP contribution in [0.1, 0.15) is 0 Å². The number of rotatable bonds is 1. The molecule has 0 spiro atoms. The van der Waals surface area contributed by atoms with Crippen molar-refractivity contribution in [1.29, 1.82) is 0 Å². The summed E-state index contributed by atoms with van der Waals surface area (Å²) >= 11 is 1.54. The Morgan fingerprint density at radius 2 is 2.19 bits per heavy atom. The van der Waals surface area contributed by atoms with Gasteiger partial charge >= 0.3 is 0 Å². The van der Waals surface area contributed by atoms with E-state index >= 15 is 0 Å². The molecule has 0 amide bonds. The van der Waals surface area contributed by atoms with E-state index in [9.17, 15) is 4.79 Å². The van der Waals surface area contributed by atoms with Crippen LogP contribution in [0, 0.1) is 0 Å². The molecule has 3 aromatic heterocycles. The fourth-order valence-electron chi connectivity index (χ4n) is 1.53.